The van der Waals surface area contributed by atoms with Crippen LogP contribution < -0.4 is 9.47 Å². The summed E-state index contributed by atoms with van der Waals surface area (Å²) in [4.78, 5) is 48.7. The van der Waals surface area contributed by atoms with Gasteiger partial charge in [0.05, 0.1) is 25.7 Å². The normalized spacial score (nSPS) is 16.0. The Labute approximate surface area is 171 Å². The van der Waals surface area contributed by atoms with E-state index >= 15 is 0 Å². The Balaban J connectivity index is 2.26. The Bertz CT molecular complexity index is 851. The SMILES string of the molecule is CCOc1cc(/C=C2/SC(=O)N([C@@H](C)C(=O)OC)C2=O)ccc1OCC(=O)OC. The second kappa shape index (κ2) is 9.97. The first-order valence-electron chi connectivity index (χ1n) is 8.63. The monoisotopic (exact) mass is 423 g/mol. The Morgan fingerprint density at radius 3 is 2.48 bits per heavy atom. The Morgan fingerprint density at radius 2 is 1.86 bits per heavy atom. The Morgan fingerprint density at radius 1 is 1.14 bits per heavy atom. The minimum Gasteiger partial charge on any atom is -0.490 e. The van der Waals surface area contributed by atoms with Crippen LogP contribution in [0, 0.1) is 0 Å². The van der Waals surface area contributed by atoms with Gasteiger partial charge in [-0.1, -0.05) is 6.07 Å². The van der Waals surface area contributed by atoms with Gasteiger partial charge in [0.2, 0.25) is 0 Å². The third kappa shape index (κ3) is 5.29. The van der Waals surface area contributed by atoms with Crippen molar-refractivity contribution in [2.24, 2.45) is 0 Å². The number of carbonyl (C=O) groups excluding carboxylic acids is 4. The van der Waals surface area contributed by atoms with Crippen molar-refractivity contribution in [3.63, 3.8) is 0 Å². The van der Waals surface area contributed by atoms with Crippen molar-refractivity contribution in [1.82, 2.24) is 4.90 Å². The quantitative estimate of drug-likeness (QED) is 0.459. The van der Waals surface area contributed by atoms with Gasteiger partial charge < -0.3 is 18.9 Å². The fourth-order valence-corrected chi connectivity index (χ4v) is 3.35. The minimum absolute atomic E-state index is 0.163. The molecule has 1 aliphatic heterocycles. The molecule has 0 saturated carbocycles. The van der Waals surface area contributed by atoms with Crippen molar-refractivity contribution in [2.75, 3.05) is 27.4 Å². The smallest absolute Gasteiger partial charge is 0.343 e. The molecule has 1 fully saturated rings. The number of hydrogen-bond donors (Lipinski definition) is 0. The van der Waals surface area contributed by atoms with E-state index in [1.807, 2.05) is 0 Å². The number of rotatable bonds is 8. The molecule has 1 aliphatic rings. The number of methoxy groups -OCH3 is 2. The Kier molecular flexibility index (Phi) is 7.66. The predicted octanol–water partition coefficient (Wildman–Crippen LogP) is 2.23. The van der Waals surface area contributed by atoms with E-state index < -0.39 is 29.1 Å². The third-order valence-electron chi connectivity index (χ3n) is 3.89. The van der Waals surface area contributed by atoms with Crippen LogP contribution in [-0.4, -0.2) is 61.5 Å². The first kappa shape index (κ1) is 22.3. The fraction of sp³-hybridized carbons (Fsp3) is 0.368. The highest BCUT2D eigenvalue weighted by molar-refractivity contribution is 8.18. The van der Waals surface area contributed by atoms with Gasteiger partial charge in [-0.15, -0.1) is 0 Å². The van der Waals surface area contributed by atoms with Crippen LogP contribution in [0.3, 0.4) is 0 Å². The molecule has 0 bridgehead atoms. The van der Waals surface area contributed by atoms with Crippen LogP contribution in [0.25, 0.3) is 6.08 Å². The average molecular weight is 423 g/mol. The molecule has 29 heavy (non-hydrogen) atoms. The molecule has 1 aromatic carbocycles. The largest absolute Gasteiger partial charge is 0.490 e. The highest BCUT2D eigenvalue weighted by atomic mass is 32.2. The first-order chi connectivity index (χ1) is 13.8. The summed E-state index contributed by atoms with van der Waals surface area (Å²) in [7, 11) is 2.44. The lowest BCUT2D eigenvalue weighted by molar-refractivity contribution is -0.148. The number of nitrogens with zero attached hydrogens (tertiary/aromatic N) is 1. The van der Waals surface area contributed by atoms with Gasteiger partial charge >= 0.3 is 11.9 Å². The van der Waals surface area contributed by atoms with Crippen molar-refractivity contribution in [2.45, 2.75) is 19.9 Å². The predicted molar refractivity (Wildman–Crippen MR) is 104 cm³/mol. The van der Waals surface area contributed by atoms with Crippen LogP contribution in [0.2, 0.25) is 0 Å². The summed E-state index contributed by atoms with van der Waals surface area (Å²) < 4.78 is 20.0. The summed E-state index contributed by atoms with van der Waals surface area (Å²) in [5.74, 6) is -1.10. The molecule has 0 aromatic heterocycles. The molecule has 9 nitrogen and oxygen atoms in total. The van der Waals surface area contributed by atoms with Gasteiger partial charge in [0.15, 0.2) is 18.1 Å². The van der Waals surface area contributed by atoms with Gasteiger partial charge in [-0.2, -0.15) is 0 Å². The maximum atomic E-state index is 12.6. The van der Waals surface area contributed by atoms with E-state index in [2.05, 4.69) is 9.47 Å². The topological polar surface area (TPSA) is 108 Å². The number of carbonyl (C=O) groups is 4. The van der Waals surface area contributed by atoms with E-state index in [9.17, 15) is 19.2 Å². The maximum Gasteiger partial charge on any atom is 0.343 e. The van der Waals surface area contributed by atoms with Gasteiger partial charge in [0, 0.05) is 0 Å². The van der Waals surface area contributed by atoms with Gasteiger partial charge in [-0.25, -0.2) is 9.59 Å². The third-order valence-corrected chi connectivity index (χ3v) is 4.78. The fourth-order valence-electron chi connectivity index (χ4n) is 2.44. The van der Waals surface area contributed by atoms with E-state index in [-0.39, 0.29) is 11.5 Å². The molecule has 1 heterocycles. The summed E-state index contributed by atoms with van der Waals surface area (Å²) >= 11 is 0.731. The molecular weight excluding hydrogens is 402 g/mol. The van der Waals surface area contributed by atoms with E-state index in [1.165, 1.54) is 27.2 Å². The van der Waals surface area contributed by atoms with Crippen molar-refractivity contribution in [3.8, 4) is 11.5 Å². The zero-order valence-corrected chi connectivity index (χ0v) is 17.2. The highest BCUT2D eigenvalue weighted by Gasteiger charge is 2.41. The number of imide groups is 1. The molecular formula is C19H21NO8S. The lowest BCUT2D eigenvalue weighted by Crippen LogP contribution is -2.42. The highest BCUT2D eigenvalue weighted by Crippen LogP contribution is 2.35. The molecule has 1 saturated heterocycles. The van der Waals surface area contributed by atoms with Crippen LogP contribution in [0.15, 0.2) is 23.1 Å². The van der Waals surface area contributed by atoms with E-state index in [1.54, 1.807) is 25.1 Å². The van der Waals surface area contributed by atoms with Crippen molar-refractivity contribution < 1.29 is 38.1 Å². The van der Waals surface area contributed by atoms with Crippen LogP contribution in [-0.2, 0) is 23.9 Å². The number of esters is 2. The molecule has 156 valence electrons. The number of thioether (sulfide) groups is 1. The lowest BCUT2D eigenvalue weighted by atomic mass is 10.1. The van der Waals surface area contributed by atoms with Gasteiger partial charge in [0.1, 0.15) is 6.04 Å². The summed E-state index contributed by atoms with van der Waals surface area (Å²) in [6.45, 7) is 3.29. The summed E-state index contributed by atoms with van der Waals surface area (Å²) in [6.07, 6.45) is 1.52. The van der Waals surface area contributed by atoms with Crippen LogP contribution >= 0.6 is 11.8 Å². The van der Waals surface area contributed by atoms with E-state index in [0.717, 1.165) is 16.7 Å². The van der Waals surface area contributed by atoms with Gasteiger partial charge in [0.25, 0.3) is 11.1 Å². The second-order valence-electron chi connectivity index (χ2n) is 5.75. The molecule has 0 spiro atoms. The molecule has 2 rings (SSSR count). The summed E-state index contributed by atoms with van der Waals surface area (Å²) in [6, 6.07) is 3.83. The summed E-state index contributed by atoms with van der Waals surface area (Å²) in [5.41, 5.74) is 0.579. The molecule has 0 radical (unpaired) electrons. The average Bonchev–Trinajstić information content (AvgIpc) is 2.99. The molecule has 0 aliphatic carbocycles. The van der Waals surface area contributed by atoms with Crippen LogP contribution in [0.1, 0.15) is 19.4 Å². The molecule has 10 heteroatoms. The molecule has 1 atom stereocenters. The van der Waals surface area contributed by atoms with Crippen LogP contribution in [0.4, 0.5) is 4.79 Å². The zero-order valence-electron chi connectivity index (χ0n) is 16.4. The number of hydrogen-bond acceptors (Lipinski definition) is 9. The van der Waals surface area contributed by atoms with Gasteiger partial charge in [-0.05, 0) is 49.4 Å². The van der Waals surface area contributed by atoms with Crippen LogP contribution in [0.5, 0.6) is 11.5 Å². The molecule has 0 N–H and O–H groups in total. The Hall–Kier alpha value is -3.01. The standard InChI is InChI=1S/C19H21NO8S/c1-5-27-14-8-12(6-7-13(14)28-10-16(21)25-3)9-15-17(22)20(19(24)29-15)11(2)18(23)26-4/h6-9,11H,5,10H2,1-4H3/b15-9+/t11-/m0/s1. The van der Waals surface area contributed by atoms with Crippen molar-refractivity contribution >= 4 is 40.9 Å². The summed E-state index contributed by atoms with van der Waals surface area (Å²) in [5, 5.41) is -0.554. The van der Waals surface area contributed by atoms with E-state index in [4.69, 9.17) is 9.47 Å². The number of benzene rings is 1. The van der Waals surface area contributed by atoms with E-state index in [0.29, 0.717) is 23.7 Å². The maximum absolute atomic E-state index is 12.6. The first-order valence-corrected chi connectivity index (χ1v) is 9.45. The molecule has 0 unspecified atom stereocenters. The zero-order chi connectivity index (χ0) is 21.6. The van der Waals surface area contributed by atoms with Crippen molar-refractivity contribution in [1.29, 1.82) is 0 Å². The second-order valence-corrected chi connectivity index (χ2v) is 6.75. The number of amides is 2. The lowest BCUT2D eigenvalue weighted by Gasteiger charge is -2.18. The minimum atomic E-state index is -1.02. The molecule has 2 amide bonds. The van der Waals surface area contributed by atoms with Crippen molar-refractivity contribution in [3.05, 3.63) is 28.7 Å². The van der Waals surface area contributed by atoms with Gasteiger partial charge in [-0.3, -0.25) is 14.5 Å². The number of ether oxygens (including phenoxy) is 4. The molecule has 1 aromatic rings.